The van der Waals surface area contributed by atoms with E-state index in [9.17, 15) is 31.1 Å². The second-order valence-corrected chi connectivity index (χ2v) is 8.44. The Morgan fingerprint density at radius 3 is 1.97 bits per heavy atom. The Bertz CT molecular complexity index is 1070. The first kappa shape index (κ1) is 30.5. The zero-order valence-electron chi connectivity index (χ0n) is 20.0. The predicted octanol–water partition coefficient (Wildman–Crippen LogP) is 2.85. The summed E-state index contributed by atoms with van der Waals surface area (Å²) in [5.41, 5.74) is 2.40. The van der Waals surface area contributed by atoms with Crippen LogP contribution >= 0.6 is 0 Å². The standard InChI is InChI=1S/C18H23N5O.2C2HF3O2/c1-21-11-15(10-20-21)12-22-9-6-17-16(22)2-3-18(24)23(17)13-14-4-7-19-8-5-14;2*3-2(4,5)1(6)7/h4-5,7-8,10-11,16-17H,2-3,6,9,12-13H2,1H3;2*(H,6,7)/t16-,17-;;/m0../s1. The van der Waals surface area contributed by atoms with Gasteiger partial charge in [-0.1, -0.05) is 0 Å². The maximum absolute atomic E-state index is 12.5. The minimum absolute atomic E-state index is 0.288. The minimum atomic E-state index is -5.08. The number of rotatable bonds is 4. The summed E-state index contributed by atoms with van der Waals surface area (Å²) in [5.74, 6) is -5.23. The van der Waals surface area contributed by atoms with Crippen molar-refractivity contribution in [3.05, 3.63) is 48.0 Å². The molecule has 16 heteroatoms. The maximum atomic E-state index is 12.5. The highest BCUT2D eigenvalue weighted by Crippen LogP contribution is 2.33. The molecule has 0 saturated carbocycles. The molecule has 2 aromatic heterocycles. The average molecular weight is 553 g/mol. The molecule has 4 rings (SSSR count). The fourth-order valence-electron chi connectivity index (χ4n) is 4.11. The molecule has 10 nitrogen and oxygen atoms in total. The number of likely N-dealkylation sites (tertiary alicyclic amines) is 2. The summed E-state index contributed by atoms with van der Waals surface area (Å²) in [6, 6.07) is 4.79. The summed E-state index contributed by atoms with van der Waals surface area (Å²) in [4.78, 5) is 39.0. The molecule has 2 N–H and O–H groups in total. The minimum Gasteiger partial charge on any atom is -0.475 e. The van der Waals surface area contributed by atoms with Gasteiger partial charge in [-0.15, -0.1) is 0 Å². The maximum Gasteiger partial charge on any atom is 0.490 e. The molecule has 2 saturated heterocycles. The van der Waals surface area contributed by atoms with Crippen molar-refractivity contribution in [1.29, 1.82) is 0 Å². The normalized spacial score (nSPS) is 19.6. The van der Waals surface area contributed by atoms with E-state index in [4.69, 9.17) is 19.8 Å². The van der Waals surface area contributed by atoms with Crippen molar-refractivity contribution in [2.24, 2.45) is 7.05 Å². The van der Waals surface area contributed by atoms with Crippen molar-refractivity contribution in [2.75, 3.05) is 6.54 Å². The third kappa shape index (κ3) is 9.00. The smallest absolute Gasteiger partial charge is 0.475 e. The van der Waals surface area contributed by atoms with Crippen LogP contribution in [0, 0.1) is 0 Å². The number of hydrogen-bond acceptors (Lipinski definition) is 6. The molecule has 2 aromatic rings. The highest BCUT2D eigenvalue weighted by Gasteiger charge is 2.43. The number of halogens is 6. The van der Waals surface area contributed by atoms with Gasteiger partial charge in [-0.05, 0) is 30.5 Å². The van der Waals surface area contributed by atoms with Crippen LogP contribution < -0.4 is 0 Å². The Morgan fingerprint density at radius 1 is 0.947 bits per heavy atom. The highest BCUT2D eigenvalue weighted by molar-refractivity contribution is 5.77. The molecular weight excluding hydrogens is 528 g/mol. The summed E-state index contributed by atoms with van der Waals surface area (Å²) in [6.45, 7) is 2.67. The molecule has 2 atom stereocenters. The van der Waals surface area contributed by atoms with Gasteiger partial charge in [0.15, 0.2) is 0 Å². The zero-order chi connectivity index (χ0) is 28.7. The first-order valence-corrected chi connectivity index (χ1v) is 11.1. The molecule has 0 aromatic carbocycles. The molecule has 0 radical (unpaired) electrons. The number of nitrogens with zero attached hydrogens (tertiary/aromatic N) is 5. The topological polar surface area (TPSA) is 129 Å². The zero-order valence-corrected chi connectivity index (χ0v) is 20.0. The molecule has 1 amide bonds. The van der Waals surface area contributed by atoms with Gasteiger partial charge in [-0.25, -0.2) is 9.59 Å². The van der Waals surface area contributed by atoms with E-state index in [-0.39, 0.29) is 5.91 Å². The van der Waals surface area contributed by atoms with Crippen LogP contribution in [0.2, 0.25) is 0 Å². The van der Waals surface area contributed by atoms with Gasteiger partial charge < -0.3 is 15.1 Å². The Hall–Kier alpha value is -3.69. The number of alkyl halides is 6. The van der Waals surface area contributed by atoms with Crippen LogP contribution in [-0.2, 0) is 34.5 Å². The number of aliphatic carboxylic acids is 2. The monoisotopic (exact) mass is 553 g/mol. The average Bonchev–Trinajstić information content (AvgIpc) is 3.42. The van der Waals surface area contributed by atoms with Crippen LogP contribution in [0.3, 0.4) is 0 Å². The lowest BCUT2D eigenvalue weighted by atomic mass is 9.95. The van der Waals surface area contributed by atoms with E-state index in [0.29, 0.717) is 25.0 Å². The van der Waals surface area contributed by atoms with Crippen LogP contribution in [0.25, 0.3) is 0 Å². The number of amides is 1. The van der Waals surface area contributed by atoms with Gasteiger partial charge in [-0.3, -0.25) is 19.4 Å². The van der Waals surface area contributed by atoms with Crippen LogP contribution in [0.1, 0.15) is 30.4 Å². The number of piperidine rings is 1. The third-order valence-corrected chi connectivity index (χ3v) is 5.73. The lowest BCUT2D eigenvalue weighted by Crippen LogP contribution is -2.51. The van der Waals surface area contributed by atoms with Gasteiger partial charge >= 0.3 is 24.3 Å². The van der Waals surface area contributed by atoms with E-state index in [1.54, 1.807) is 12.4 Å². The van der Waals surface area contributed by atoms with Gasteiger partial charge in [0.05, 0.1) is 6.20 Å². The fourth-order valence-corrected chi connectivity index (χ4v) is 4.11. The molecule has 0 unspecified atom stereocenters. The summed E-state index contributed by atoms with van der Waals surface area (Å²) in [7, 11) is 1.95. The number of aromatic nitrogens is 3. The number of carbonyl (C=O) groups excluding carboxylic acids is 1. The summed E-state index contributed by atoms with van der Waals surface area (Å²) in [5, 5.41) is 18.5. The van der Waals surface area contributed by atoms with Crippen molar-refractivity contribution in [1.82, 2.24) is 24.6 Å². The van der Waals surface area contributed by atoms with Gasteiger partial charge in [0.25, 0.3) is 0 Å². The van der Waals surface area contributed by atoms with Crippen molar-refractivity contribution < 1.29 is 50.9 Å². The van der Waals surface area contributed by atoms with E-state index < -0.39 is 24.3 Å². The molecular formula is C22H25F6N5O5. The molecule has 4 heterocycles. The Kier molecular flexibility index (Phi) is 10.2. The Labute approximate surface area is 212 Å². The van der Waals surface area contributed by atoms with Crippen molar-refractivity contribution in [2.45, 2.75) is 56.8 Å². The quantitative estimate of drug-likeness (QED) is 0.554. The molecule has 2 aliphatic rings. The molecule has 0 bridgehead atoms. The lowest BCUT2D eigenvalue weighted by molar-refractivity contribution is -0.193. The van der Waals surface area contributed by atoms with E-state index >= 15 is 0 Å². The number of carboxylic acid groups (broad SMARTS) is 2. The van der Waals surface area contributed by atoms with Crippen molar-refractivity contribution >= 4 is 17.8 Å². The van der Waals surface area contributed by atoms with E-state index in [1.807, 2.05) is 30.1 Å². The SMILES string of the molecule is Cn1cc(CN2CC[C@H]3[C@@H]2CCC(=O)N3Cc2ccncc2)cn1.O=C(O)C(F)(F)F.O=C(O)C(F)(F)F. The van der Waals surface area contributed by atoms with E-state index in [1.165, 1.54) is 5.56 Å². The van der Waals surface area contributed by atoms with Crippen LogP contribution in [0.15, 0.2) is 36.9 Å². The lowest BCUT2D eigenvalue weighted by Gasteiger charge is -2.40. The van der Waals surface area contributed by atoms with E-state index in [2.05, 4.69) is 26.1 Å². The summed E-state index contributed by atoms with van der Waals surface area (Å²) in [6.07, 6.45) is 0.120. The first-order valence-electron chi connectivity index (χ1n) is 11.1. The highest BCUT2D eigenvalue weighted by atomic mass is 19.4. The van der Waals surface area contributed by atoms with Gasteiger partial charge in [0.2, 0.25) is 5.91 Å². The molecule has 2 aliphatic heterocycles. The first-order chi connectivity index (χ1) is 17.6. The van der Waals surface area contributed by atoms with Gasteiger partial charge in [0, 0.05) is 69.3 Å². The number of fused-ring (bicyclic) bond motifs is 1. The van der Waals surface area contributed by atoms with Crippen LogP contribution in [0.5, 0.6) is 0 Å². The third-order valence-electron chi connectivity index (χ3n) is 5.73. The largest absolute Gasteiger partial charge is 0.490 e. The number of pyridine rings is 1. The number of carboxylic acids is 2. The molecule has 210 valence electrons. The number of aryl methyl sites for hydroxylation is 1. The van der Waals surface area contributed by atoms with Gasteiger partial charge in [-0.2, -0.15) is 31.4 Å². The fraction of sp³-hybridized carbons (Fsp3) is 0.500. The number of hydrogen-bond donors (Lipinski definition) is 2. The van der Waals surface area contributed by atoms with Gasteiger partial charge in [0.1, 0.15) is 0 Å². The van der Waals surface area contributed by atoms with Crippen molar-refractivity contribution in [3.8, 4) is 0 Å². The van der Waals surface area contributed by atoms with Crippen LogP contribution in [0.4, 0.5) is 26.3 Å². The van der Waals surface area contributed by atoms with Crippen LogP contribution in [-0.4, -0.2) is 83.6 Å². The Morgan fingerprint density at radius 2 is 1.50 bits per heavy atom. The summed E-state index contributed by atoms with van der Waals surface area (Å²) < 4.78 is 65.3. The number of carbonyl (C=O) groups is 3. The molecule has 38 heavy (non-hydrogen) atoms. The predicted molar refractivity (Wildman–Crippen MR) is 117 cm³/mol. The molecule has 0 aliphatic carbocycles. The molecule has 2 fully saturated rings. The van der Waals surface area contributed by atoms with Crippen molar-refractivity contribution in [3.63, 3.8) is 0 Å². The Balaban J connectivity index is 0.000000301. The summed E-state index contributed by atoms with van der Waals surface area (Å²) >= 11 is 0. The van der Waals surface area contributed by atoms with E-state index in [0.717, 1.165) is 31.5 Å². The molecule has 0 spiro atoms. The second-order valence-electron chi connectivity index (χ2n) is 8.44. The second kappa shape index (κ2) is 12.7.